The van der Waals surface area contributed by atoms with E-state index in [4.69, 9.17) is 14.3 Å². The van der Waals surface area contributed by atoms with Crippen molar-refractivity contribution in [3.63, 3.8) is 0 Å². The van der Waals surface area contributed by atoms with Gasteiger partial charge in [0.15, 0.2) is 12.0 Å². The number of carbonyl (C=O) groups excluding carboxylic acids is 1. The molecule has 0 saturated carbocycles. The molecule has 0 unspecified atom stereocenters. The Labute approximate surface area is 92.1 Å². The summed E-state index contributed by atoms with van der Waals surface area (Å²) >= 11 is 0. The number of aliphatic hydroxyl groups is 1. The molecular weight excluding hydrogens is 208 g/mol. The van der Waals surface area contributed by atoms with Crippen LogP contribution in [-0.2, 0) is 6.61 Å². The van der Waals surface area contributed by atoms with E-state index in [2.05, 4.69) is 0 Å². The Bertz CT molecular complexity index is 470. The summed E-state index contributed by atoms with van der Waals surface area (Å²) in [6.07, 6.45) is 0.613. The van der Waals surface area contributed by atoms with Crippen LogP contribution in [0.15, 0.2) is 40.8 Å². The molecule has 16 heavy (non-hydrogen) atoms. The van der Waals surface area contributed by atoms with Gasteiger partial charge in [-0.05, 0) is 23.8 Å². The molecule has 1 N–H and O–H groups in total. The standard InChI is InChI=1S/C12H10O4/c13-7-9-1-3-10(4-2-9)15-12-6-5-11(8-14)16-12/h1-6,8,13H,7H2. The van der Waals surface area contributed by atoms with E-state index >= 15 is 0 Å². The molecule has 0 aliphatic carbocycles. The Hall–Kier alpha value is -2.07. The molecule has 1 aromatic heterocycles. The molecule has 82 valence electrons. The van der Waals surface area contributed by atoms with Crippen molar-refractivity contribution in [3.05, 3.63) is 47.7 Å². The zero-order valence-electron chi connectivity index (χ0n) is 8.42. The summed E-state index contributed by atoms with van der Waals surface area (Å²) in [5.41, 5.74) is 0.806. The SMILES string of the molecule is O=Cc1ccc(Oc2ccc(CO)cc2)o1. The molecule has 2 aromatic rings. The largest absolute Gasteiger partial charge is 0.426 e. The second-order valence-corrected chi connectivity index (χ2v) is 3.18. The molecule has 4 heteroatoms. The highest BCUT2D eigenvalue weighted by Crippen LogP contribution is 2.23. The van der Waals surface area contributed by atoms with Crippen LogP contribution in [0.2, 0.25) is 0 Å². The Balaban J connectivity index is 2.10. The van der Waals surface area contributed by atoms with Crippen LogP contribution in [0.4, 0.5) is 0 Å². The fourth-order valence-corrected chi connectivity index (χ4v) is 1.23. The van der Waals surface area contributed by atoms with Gasteiger partial charge >= 0.3 is 0 Å². The lowest BCUT2D eigenvalue weighted by molar-refractivity contribution is 0.109. The smallest absolute Gasteiger partial charge is 0.290 e. The number of benzene rings is 1. The molecule has 1 heterocycles. The Morgan fingerprint density at radius 2 is 1.94 bits per heavy atom. The summed E-state index contributed by atoms with van der Waals surface area (Å²) in [4.78, 5) is 10.4. The molecule has 0 saturated heterocycles. The van der Waals surface area contributed by atoms with E-state index in [1.54, 1.807) is 30.3 Å². The predicted molar refractivity (Wildman–Crippen MR) is 56.5 cm³/mol. The average Bonchev–Trinajstić information content (AvgIpc) is 2.78. The lowest BCUT2D eigenvalue weighted by Gasteiger charge is -2.02. The van der Waals surface area contributed by atoms with Crippen molar-refractivity contribution in [1.29, 1.82) is 0 Å². The third-order valence-corrected chi connectivity index (χ3v) is 2.04. The lowest BCUT2D eigenvalue weighted by atomic mass is 10.2. The van der Waals surface area contributed by atoms with Crippen LogP contribution in [0.5, 0.6) is 11.7 Å². The molecule has 0 radical (unpaired) electrons. The van der Waals surface area contributed by atoms with Crippen molar-refractivity contribution in [2.24, 2.45) is 0 Å². The van der Waals surface area contributed by atoms with E-state index in [1.807, 2.05) is 0 Å². The van der Waals surface area contributed by atoms with Crippen LogP contribution in [0.25, 0.3) is 0 Å². The quantitative estimate of drug-likeness (QED) is 0.800. The molecule has 0 aliphatic heterocycles. The molecule has 0 atom stereocenters. The van der Waals surface area contributed by atoms with Gasteiger partial charge in [-0.25, -0.2) is 0 Å². The first kappa shape index (κ1) is 10.4. The van der Waals surface area contributed by atoms with Gasteiger partial charge in [0, 0.05) is 6.07 Å². The van der Waals surface area contributed by atoms with Crippen LogP contribution in [-0.4, -0.2) is 11.4 Å². The number of hydrogen-bond donors (Lipinski definition) is 1. The summed E-state index contributed by atoms with van der Waals surface area (Å²) < 4.78 is 10.4. The van der Waals surface area contributed by atoms with Crippen LogP contribution in [0.1, 0.15) is 16.1 Å². The van der Waals surface area contributed by atoms with Crippen molar-refractivity contribution in [3.8, 4) is 11.7 Å². The zero-order valence-corrected chi connectivity index (χ0v) is 8.42. The number of carbonyl (C=O) groups is 1. The molecular formula is C12H10O4. The summed E-state index contributed by atoms with van der Waals surface area (Å²) in [5.74, 6) is 1.07. The second-order valence-electron chi connectivity index (χ2n) is 3.18. The van der Waals surface area contributed by atoms with Crippen LogP contribution < -0.4 is 4.74 Å². The maximum Gasteiger partial charge on any atom is 0.290 e. The topological polar surface area (TPSA) is 59.7 Å². The molecule has 0 aliphatic rings. The molecule has 0 bridgehead atoms. The van der Waals surface area contributed by atoms with Gasteiger partial charge in [0.1, 0.15) is 5.75 Å². The average molecular weight is 218 g/mol. The number of aliphatic hydroxyl groups excluding tert-OH is 1. The maximum absolute atomic E-state index is 10.4. The summed E-state index contributed by atoms with van der Waals surface area (Å²) in [6.45, 7) is -0.00365. The minimum atomic E-state index is -0.00365. The van der Waals surface area contributed by atoms with Crippen molar-refractivity contribution < 1.29 is 19.1 Å². The minimum Gasteiger partial charge on any atom is -0.426 e. The van der Waals surface area contributed by atoms with E-state index < -0.39 is 0 Å². The predicted octanol–water partition coefficient (Wildman–Crippen LogP) is 2.38. The number of rotatable bonds is 4. The van der Waals surface area contributed by atoms with Gasteiger partial charge < -0.3 is 14.3 Å². The number of hydrogen-bond acceptors (Lipinski definition) is 4. The number of furan rings is 1. The molecule has 1 aromatic carbocycles. The van der Waals surface area contributed by atoms with Gasteiger partial charge in [-0.2, -0.15) is 0 Å². The van der Waals surface area contributed by atoms with Gasteiger partial charge in [-0.1, -0.05) is 12.1 Å². The first-order valence-corrected chi connectivity index (χ1v) is 4.74. The van der Waals surface area contributed by atoms with E-state index in [-0.39, 0.29) is 18.3 Å². The Kier molecular flexibility index (Phi) is 3.03. The van der Waals surface area contributed by atoms with E-state index in [9.17, 15) is 4.79 Å². The van der Waals surface area contributed by atoms with Crippen molar-refractivity contribution in [1.82, 2.24) is 0 Å². The summed E-state index contributed by atoms with van der Waals surface area (Å²) in [5, 5.41) is 8.86. The lowest BCUT2D eigenvalue weighted by Crippen LogP contribution is -1.84. The van der Waals surface area contributed by atoms with Crippen LogP contribution in [0, 0.1) is 0 Å². The van der Waals surface area contributed by atoms with Crippen LogP contribution >= 0.6 is 0 Å². The third-order valence-electron chi connectivity index (χ3n) is 2.04. The van der Waals surface area contributed by atoms with Crippen molar-refractivity contribution >= 4 is 6.29 Å². The Morgan fingerprint density at radius 1 is 1.19 bits per heavy atom. The normalized spacial score (nSPS) is 10.1. The molecule has 4 nitrogen and oxygen atoms in total. The van der Waals surface area contributed by atoms with Gasteiger partial charge in [0.2, 0.25) is 0 Å². The minimum absolute atomic E-state index is 0.00365. The first-order valence-electron chi connectivity index (χ1n) is 4.74. The Morgan fingerprint density at radius 3 is 2.50 bits per heavy atom. The third kappa shape index (κ3) is 2.29. The fourth-order valence-electron chi connectivity index (χ4n) is 1.23. The highest BCUT2D eigenvalue weighted by atomic mass is 16.6. The van der Waals surface area contributed by atoms with Crippen molar-refractivity contribution in [2.75, 3.05) is 0 Å². The zero-order chi connectivity index (χ0) is 11.4. The van der Waals surface area contributed by atoms with E-state index in [1.165, 1.54) is 6.07 Å². The number of ether oxygens (including phenoxy) is 1. The van der Waals surface area contributed by atoms with Crippen molar-refractivity contribution in [2.45, 2.75) is 6.61 Å². The van der Waals surface area contributed by atoms with Gasteiger partial charge in [-0.15, -0.1) is 0 Å². The summed E-state index contributed by atoms with van der Waals surface area (Å²) in [6, 6.07) is 10.0. The van der Waals surface area contributed by atoms with Gasteiger partial charge in [0.25, 0.3) is 5.95 Å². The molecule has 0 amide bonds. The maximum atomic E-state index is 10.4. The highest BCUT2D eigenvalue weighted by Gasteiger charge is 2.03. The monoisotopic (exact) mass is 218 g/mol. The number of aldehydes is 1. The molecule has 0 fully saturated rings. The first-order chi connectivity index (χ1) is 7.81. The molecule has 2 rings (SSSR count). The second kappa shape index (κ2) is 4.63. The van der Waals surface area contributed by atoms with Gasteiger partial charge in [0.05, 0.1) is 6.61 Å². The van der Waals surface area contributed by atoms with E-state index in [0.717, 1.165) is 5.56 Å². The fraction of sp³-hybridized carbons (Fsp3) is 0.0833. The van der Waals surface area contributed by atoms with Gasteiger partial charge in [-0.3, -0.25) is 4.79 Å². The van der Waals surface area contributed by atoms with E-state index in [0.29, 0.717) is 12.0 Å². The highest BCUT2D eigenvalue weighted by molar-refractivity contribution is 5.70. The van der Waals surface area contributed by atoms with Crippen LogP contribution in [0.3, 0.4) is 0 Å². The summed E-state index contributed by atoms with van der Waals surface area (Å²) in [7, 11) is 0. The molecule has 0 spiro atoms.